The van der Waals surface area contributed by atoms with Gasteiger partial charge in [-0.3, -0.25) is 0 Å². The Bertz CT molecular complexity index is 3450. The molecule has 12 rings (SSSR count). The average molecular weight is 806 g/mol. The van der Waals surface area contributed by atoms with Crippen LogP contribution in [0, 0.1) is 0 Å². The van der Waals surface area contributed by atoms with E-state index in [4.69, 9.17) is 4.42 Å². The van der Waals surface area contributed by atoms with Crippen molar-refractivity contribution in [1.29, 1.82) is 0 Å². The smallest absolute Gasteiger partial charge is 0.159 e. The van der Waals surface area contributed by atoms with E-state index in [1.54, 1.807) is 0 Å². The maximum atomic E-state index is 7.26. The zero-order chi connectivity index (χ0) is 42.1. The summed E-state index contributed by atoms with van der Waals surface area (Å²) < 4.78 is 7.26. The molecule has 10 aromatic carbocycles. The van der Waals surface area contributed by atoms with Crippen LogP contribution in [0.3, 0.4) is 0 Å². The molecule has 0 fully saturated rings. The predicted octanol–water partition coefficient (Wildman–Crippen LogP) is 17.2. The molecule has 0 atom stereocenters. The van der Waals surface area contributed by atoms with Crippen LogP contribution in [0.15, 0.2) is 229 Å². The van der Waals surface area contributed by atoms with Crippen molar-refractivity contribution in [3.63, 3.8) is 0 Å². The van der Waals surface area contributed by atoms with E-state index in [1.165, 1.54) is 61.0 Å². The van der Waals surface area contributed by atoms with Crippen molar-refractivity contribution in [2.45, 2.75) is 19.3 Å². The highest BCUT2D eigenvalue weighted by molar-refractivity contribution is 6.21. The van der Waals surface area contributed by atoms with Gasteiger partial charge in [-0.2, -0.15) is 0 Å². The van der Waals surface area contributed by atoms with Crippen molar-refractivity contribution in [3.05, 3.63) is 236 Å². The fraction of sp³-hybridized carbons (Fsp3) is 0.0492. The number of benzene rings is 10. The molecule has 0 amide bonds. The third kappa shape index (κ3) is 6.09. The monoisotopic (exact) mass is 805 g/mol. The van der Waals surface area contributed by atoms with Crippen LogP contribution in [0.5, 0.6) is 0 Å². The van der Waals surface area contributed by atoms with Gasteiger partial charge in [-0.25, -0.2) is 0 Å². The Morgan fingerprint density at radius 1 is 0.317 bits per heavy atom. The van der Waals surface area contributed by atoms with Crippen molar-refractivity contribution in [2.75, 3.05) is 4.90 Å². The highest BCUT2D eigenvalue weighted by Crippen LogP contribution is 2.52. The van der Waals surface area contributed by atoms with Crippen molar-refractivity contribution >= 4 is 49.8 Å². The molecule has 0 saturated heterocycles. The Morgan fingerprint density at radius 3 is 1.52 bits per heavy atom. The summed E-state index contributed by atoms with van der Waals surface area (Å²) in [5, 5.41) is 4.44. The van der Waals surface area contributed by atoms with E-state index in [-0.39, 0.29) is 5.41 Å². The van der Waals surface area contributed by atoms with E-state index >= 15 is 0 Å². The number of hydrogen-bond acceptors (Lipinski definition) is 2. The third-order valence-corrected chi connectivity index (χ3v) is 13.2. The molecule has 1 aliphatic rings. The van der Waals surface area contributed by atoms with Crippen molar-refractivity contribution in [1.82, 2.24) is 0 Å². The molecule has 2 nitrogen and oxygen atoms in total. The molecule has 0 unspecified atom stereocenters. The molecule has 0 aliphatic heterocycles. The van der Waals surface area contributed by atoms with Gasteiger partial charge in [0, 0.05) is 32.9 Å². The fourth-order valence-electron chi connectivity index (χ4n) is 10.1. The number of para-hydroxylation sites is 1. The Labute approximate surface area is 368 Å². The summed E-state index contributed by atoms with van der Waals surface area (Å²) >= 11 is 0. The summed E-state index contributed by atoms with van der Waals surface area (Å²) in [6.07, 6.45) is 0. The van der Waals surface area contributed by atoms with E-state index < -0.39 is 0 Å². The standard InChI is InChI=1S/C61H43NO/c1-61(2)56-27-15-14-24-50(56)51-34-33-47(38-57(51)61)62(48-36-45(41-19-8-4-9-20-41)35-46(37-48)42-21-10-5-11-22-42)58-28-16-26-53-55-39-54(49-23-12-13-25-52(49)59(55)63-60(53)58)44-31-29-43(30-32-44)40-17-6-3-7-18-40/h3-39H,1-2H3. The molecule has 1 aliphatic carbocycles. The number of hydrogen-bond donors (Lipinski definition) is 0. The van der Waals surface area contributed by atoms with Gasteiger partial charge in [0.05, 0.1) is 5.69 Å². The Hall–Kier alpha value is -7.94. The molecule has 0 spiro atoms. The first kappa shape index (κ1) is 36.9. The normalized spacial score (nSPS) is 12.7. The maximum Gasteiger partial charge on any atom is 0.159 e. The van der Waals surface area contributed by atoms with Crippen molar-refractivity contribution in [3.8, 4) is 55.6 Å². The van der Waals surface area contributed by atoms with Gasteiger partial charge < -0.3 is 9.32 Å². The SMILES string of the molecule is CC1(C)c2ccccc2-c2ccc(N(c3cc(-c4ccccc4)cc(-c4ccccc4)c3)c3cccc4c3oc3c5ccccc5c(-c5ccc(-c6ccccc6)cc5)cc43)cc21. The summed E-state index contributed by atoms with van der Waals surface area (Å²) in [5.74, 6) is 0. The maximum absolute atomic E-state index is 7.26. The molecule has 1 aromatic heterocycles. The van der Waals surface area contributed by atoms with Crippen molar-refractivity contribution < 1.29 is 4.42 Å². The quantitative estimate of drug-likeness (QED) is 0.160. The van der Waals surface area contributed by atoms with Gasteiger partial charge in [0.15, 0.2) is 5.58 Å². The van der Waals surface area contributed by atoms with Crippen molar-refractivity contribution in [2.24, 2.45) is 0 Å². The van der Waals surface area contributed by atoms with Crippen LogP contribution in [-0.4, -0.2) is 0 Å². The Morgan fingerprint density at radius 2 is 0.841 bits per heavy atom. The third-order valence-electron chi connectivity index (χ3n) is 13.2. The molecule has 0 radical (unpaired) electrons. The van der Waals surface area contributed by atoms with Gasteiger partial charge in [-0.05, 0) is 115 Å². The van der Waals surface area contributed by atoms with Crippen LogP contribution in [0.25, 0.3) is 88.3 Å². The number of fused-ring (bicyclic) bond motifs is 8. The molecule has 1 heterocycles. The topological polar surface area (TPSA) is 16.4 Å². The van der Waals surface area contributed by atoms with Gasteiger partial charge >= 0.3 is 0 Å². The minimum Gasteiger partial charge on any atom is -0.453 e. The molecule has 2 heteroatoms. The second kappa shape index (κ2) is 14.6. The summed E-state index contributed by atoms with van der Waals surface area (Å²) in [5.41, 5.74) is 19.4. The predicted molar refractivity (Wildman–Crippen MR) is 265 cm³/mol. The van der Waals surface area contributed by atoms with Gasteiger partial charge in [-0.15, -0.1) is 0 Å². The van der Waals surface area contributed by atoms with Crippen LogP contribution in [0.4, 0.5) is 17.1 Å². The number of nitrogens with zero attached hydrogens (tertiary/aromatic N) is 1. The lowest BCUT2D eigenvalue weighted by Gasteiger charge is -2.29. The first-order valence-corrected chi connectivity index (χ1v) is 21.8. The lowest BCUT2D eigenvalue weighted by Crippen LogP contribution is -2.16. The largest absolute Gasteiger partial charge is 0.453 e. The van der Waals surface area contributed by atoms with Crippen LogP contribution >= 0.6 is 0 Å². The average Bonchev–Trinajstić information content (AvgIpc) is 3.84. The van der Waals surface area contributed by atoms with Gasteiger partial charge in [-0.1, -0.05) is 196 Å². The van der Waals surface area contributed by atoms with E-state index in [0.717, 1.165) is 55.5 Å². The lowest BCUT2D eigenvalue weighted by atomic mass is 9.82. The van der Waals surface area contributed by atoms with Crippen LogP contribution in [0.2, 0.25) is 0 Å². The van der Waals surface area contributed by atoms with Crippen LogP contribution < -0.4 is 4.90 Å². The zero-order valence-corrected chi connectivity index (χ0v) is 35.2. The van der Waals surface area contributed by atoms with Gasteiger partial charge in [0.25, 0.3) is 0 Å². The highest BCUT2D eigenvalue weighted by atomic mass is 16.3. The minimum atomic E-state index is -0.172. The first-order chi connectivity index (χ1) is 31.0. The molecule has 11 aromatic rings. The lowest BCUT2D eigenvalue weighted by molar-refractivity contribution is 0.660. The summed E-state index contributed by atoms with van der Waals surface area (Å²) in [7, 11) is 0. The van der Waals surface area contributed by atoms with Gasteiger partial charge in [0.2, 0.25) is 0 Å². The molecular formula is C61H43NO. The first-order valence-electron chi connectivity index (χ1n) is 21.8. The highest BCUT2D eigenvalue weighted by Gasteiger charge is 2.36. The van der Waals surface area contributed by atoms with E-state index in [2.05, 4.69) is 243 Å². The number of anilines is 3. The summed E-state index contributed by atoms with van der Waals surface area (Å²) in [6.45, 7) is 4.71. The Balaban J connectivity index is 1.10. The van der Waals surface area contributed by atoms with Crippen LogP contribution in [0.1, 0.15) is 25.0 Å². The minimum absolute atomic E-state index is 0.172. The number of rotatable bonds is 7. The number of furan rings is 1. The molecule has 63 heavy (non-hydrogen) atoms. The van der Waals surface area contributed by atoms with E-state index in [9.17, 15) is 0 Å². The molecule has 0 N–H and O–H groups in total. The Kier molecular flexibility index (Phi) is 8.55. The van der Waals surface area contributed by atoms with Gasteiger partial charge in [0.1, 0.15) is 5.58 Å². The van der Waals surface area contributed by atoms with E-state index in [0.29, 0.717) is 0 Å². The summed E-state index contributed by atoms with van der Waals surface area (Å²) in [4.78, 5) is 2.42. The summed E-state index contributed by atoms with van der Waals surface area (Å²) in [6, 6.07) is 81.5. The fourth-order valence-corrected chi connectivity index (χ4v) is 10.1. The van der Waals surface area contributed by atoms with Crippen LogP contribution in [-0.2, 0) is 5.41 Å². The van der Waals surface area contributed by atoms with E-state index in [1.807, 2.05) is 0 Å². The second-order valence-electron chi connectivity index (χ2n) is 17.3. The second-order valence-corrected chi connectivity index (χ2v) is 17.3. The molecule has 0 bridgehead atoms. The molecule has 298 valence electrons. The zero-order valence-electron chi connectivity index (χ0n) is 35.2. The molecular weight excluding hydrogens is 763 g/mol. The molecule has 0 saturated carbocycles.